The van der Waals surface area contributed by atoms with Crippen molar-refractivity contribution in [1.29, 1.82) is 0 Å². The lowest BCUT2D eigenvalue weighted by atomic mass is 10.1. The van der Waals surface area contributed by atoms with E-state index in [0.29, 0.717) is 6.04 Å². The van der Waals surface area contributed by atoms with E-state index in [0.717, 1.165) is 36.1 Å². The molecule has 4 nitrogen and oxygen atoms in total. The first kappa shape index (κ1) is 10.4. The molecule has 1 aliphatic heterocycles. The van der Waals surface area contributed by atoms with Crippen molar-refractivity contribution in [3.63, 3.8) is 0 Å². The van der Waals surface area contributed by atoms with Crippen molar-refractivity contribution in [2.45, 2.75) is 12.5 Å². The van der Waals surface area contributed by atoms with Crippen molar-refractivity contribution in [1.82, 2.24) is 10.3 Å². The molecule has 4 heteroatoms. The van der Waals surface area contributed by atoms with Gasteiger partial charge in [0.1, 0.15) is 11.6 Å². The molecule has 17 heavy (non-hydrogen) atoms. The van der Waals surface area contributed by atoms with E-state index in [2.05, 4.69) is 15.6 Å². The average molecular weight is 229 g/mol. The Bertz CT molecular complexity index is 530. The van der Waals surface area contributed by atoms with Gasteiger partial charge in [-0.25, -0.2) is 4.98 Å². The average Bonchev–Trinajstić information content (AvgIpc) is 2.82. The smallest absolute Gasteiger partial charge is 0.137 e. The number of nitrogens with zero attached hydrogens (tertiary/aromatic N) is 1. The summed E-state index contributed by atoms with van der Waals surface area (Å²) in [6.07, 6.45) is 2.86. The second kappa shape index (κ2) is 4.22. The van der Waals surface area contributed by atoms with Crippen LogP contribution in [0.25, 0.3) is 10.8 Å². The van der Waals surface area contributed by atoms with Gasteiger partial charge in [0, 0.05) is 18.8 Å². The van der Waals surface area contributed by atoms with E-state index in [9.17, 15) is 5.11 Å². The van der Waals surface area contributed by atoms with Gasteiger partial charge in [-0.2, -0.15) is 0 Å². The van der Waals surface area contributed by atoms with Gasteiger partial charge in [0.05, 0.1) is 5.39 Å². The molecule has 0 radical (unpaired) electrons. The Kier molecular flexibility index (Phi) is 2.57. The molecule has 0 aliphatic carbocycles. The SMILES string of the molecule is Oc1cccc2ccnc(NC3CCNC3)c12. The minimum absolute atomic E-state index is 0.282. The van der Waals surface area contributed by atoms with Gasteiger partial charge in [-0.15, -0.1) is 0 Å². The number of aromatic hydroxyl groups is 1. The summed E-state index contributed by atoms with van der Waals surface area (Å²) < 4.78 is 0. The minimum atomic E-state index is 0.282. The van der Waals surface area contributed by atoms with Crippen LogP contribution >= 0.6 is 0 Å². The number of hydrogen-bond acceptors (Lipinski definition) is 4. The van der Waals surface area contributed by atoms with Crippen LogP contribution in [0.3, 0.4) is 0 Å². The first-order valence-electron chi connectivity index (χ1n) is 5.88. The zero-order valence-electron chi connectivity index (χ0n) is 9.48. The summed E-state index contributed by atoms with van der Waals surface area (Å²) in [6.45, 7) is 1.99. The molecule has 0 bridgehead atoms. The van der Waals surface area contributed by atoms with Crippen LogP contribution < -0.4 is 10.6 Å². The van der Waals surface area contributed by atoms with Gasteiger partial charge >= 0.3 is 0 Å². The number of phenols is 1. The van der Waals surface area contributed by atoms with Gasteiger partial charge < -0.3 is 15.7 Å². The van der Waals surface area contributed by atoms with E-state index in [4.69, 9.17) is 0 Å². The molecule has 88 valence electrons. The maximum atomic E-state index is 9.93. The fourth-order valence-electron chi connectivity index (χ4n) is 2.29. The fourth-order valence-corrected chi connectivity index (χ4v) is 2.29. The number of nitrogens with one attached hydrogen (secondary N) is 2. The molecule has 1 saturated heterocycles. The number of phenolic OH excluding ortho intramolecular Hbond substituents is 1. The van der Waals surface area contributed by atoms with Crippen LogP contribution in [0.2, 0.25) is 0 Å². The minimum Gasteiger partial charge on any atom is -0.507 e. The first-order valence-corrected chi connectivity index (χ1v) is 5.88. The zero-order valence-corrected chi connectivity index (χ0v) is 9.48. The first-order chi connectivity index (χ1) is 8.34. The molecule has 1 aliphatic rings. The predicted molar refractivity (Wildman–Crippen MR) is 68.3 cm³/mol. The molecule has 1 atom stereocenters. The van der Waals surface area contributed by atoms with Gasteiger partial charge in [-0.05, 0) is 30.5 Å². The van der Waals surface area contributed by atoms with Gasteiger partial charge in [0.2, 0.25) is 0 Å². The van der Waals surface area contributed by atoms with E-state index < -0.39 is 0 Å². The molecule has 3 rings (SSSR count). The van der Waals surface area contributed by atoms with Crippen molar-refractivity contribution in [2.24, 2.45) is 0 Å². The van der Waals surface area contributed by atoms with Crippen LogP contribution in [0.5, 0.6) is 5.75 Å². The van der Waals surface area contributed by atoms with Crippen LogP contribution in [0.15, 0.2) is 30.5 Å². The lowest BCUT2D eigenvalue weighted by Crippen LogP contribution is -2.22. The van der Waals surface area contributed by atoms with E-state index >= 15 is 0 Å². The topological polar surface area (TPSA) is 57.2 Å². The van der Waals surface area contributed by atoms with E-state index in [1.54, 1.807) is 12.3 Å². The third-order valence-electron chi connectivity index (χ3n) is 3.17. The van der Waals surface area contributed by atoms with E-state index in [-0.39, 0.29) is 5.75 Å². The molecule has 1 aromatic heterocycles. The lowest BCUT2D eigenvalue weighted by Gasteiger charge is -2.14. The Balaban J connectivity index is 2.03. The predicted octanol–water partition coefficient (Wildman–Crippen LogP) is 1.71. The molecular formula is C13H15N3O. The van der Waals surface area contributed by atoms with Crippen LogP contribution in [0, 0.1) is 0 Å². The molecule has 2 heterocycles. The van der Waals surface area contributed by atoms with Crippen molar-refractivity contribution < 1.29 is 5.11 Å². The Hall–Kier alpha value is -1.81. The number of anilines is 1. The number of hydrogen-bond donors (Lipinski definition) is 3. The van der Waals surface area contributed by atoms with Crippen LogP contribution in [0.1, 0.15) is 6.42 Å². The Morgan fingerprint density at radius 2 is 2.29 bits per heavy atom. The second-order valence-electron chi connectivity index (χ2n) is 4.37. The molecule has 1 aromatic carbocycles. The van der Waals surface area contributed by atoms with Gasteiger partial charge in [-0.1, -0.05) is 12.1 Å². The van der Waals surface area contributed by atoms with E-state index in [1.165, 1.54) is 0 Å². The summed E-state index contributed by atoms with van der Waals surface area (Å²) in [5.74, 6) is 1.05. The monoisotopic (exact) mass is 229 g/mol. The van der Waals surface area contributed by atoms with Crippen LogP contribution in [-0.4, -0.2) is 29.2 Å². The Morgan fingerprint density at radius 3 is 3.12 bits per heavy atom. The molecule has 2 aromatic rings. The highest BCUT2D eigenvalue weighted by molar-refractivity contribution is 5.96. The molecule has 0 saturated carbocycles. The second-order valence-corrected chi connectivity index (χ2v) is 4.37. The third-order valence-corrected chi connectivity index (χ3v) is 3.17. The third kappa shape index (κ3) is 1.91. The number of aromatic nitrogens is 1. The molecular weight excluding hydrogens is 214 g/mol. The zero-order chi connectivity index (χ0) is 11.7. The molecule has 1 fully saturated rings. The maximum Gasteiger partial charge on any atom is 0.137 e. The largest absolute Gasteiger partial charge is 0.507 e. The Labute approximate surface area is 99.7 Å². The van der Waals surface area contributed by atoms with Gasteiger partial charge in [0.15, 0.2) is 0 Å². The van der Waals surface area contributed by atoms with Crippen molar-refractivity contribution >= 4 is 16.6 Å². The van der Waals surface area contributed by atoms with Crippen molar-refractivity contribution in [3.05, 3.63) is 30.5 Å². The molecule has 1 unspecified atom stereocenters. The van der Waals surface area contributed by atoms with Gasteiger partial charge in [-0.3, -0.25) is 0 Å². The summed E-state index contributed by atoms with van der Waals surface area (Å²) in [5.41, 5.74) is 0. The molecule has 3 N–H and O–H groups in total. The standard InChI is InChI=1S/C13H15N3O/c17-11-3-1-2-9-4-7-15-13(12(9)11)16-10-5-6-14-8-10/h1-4,7,10,14,17H,5-6,8H2,(H,15,16). The highest BCUT2D eigenvalue weighted by atomic mass is 16.3. The van der Waals surface area contributed by atoms with E-state index in [1.807, 2.05) is 18.2 Å². The van der Waals surface area contributed by atoms with Crippen LogP contribution in [0.4, 0.5) is 5.82 Å². The van der Waals surface area contributed by atoms with Crippen molar-refractivity contribution in [3.8, 4) is 5.75 Å². The summed E-state index contributed by atoms with van der Waals surface area (Å²) in [5, 5.41) is 18.4. The highest BCUT2D eigenvalue weighted by Gasteiger charge is 2.16. The quantitative estimate of drug-likeness (QED) is 0.734. The van der Waals surface area contributed by atoms with Crippen molar-refractivity contribution in [2.75, 3.05) is 18.4 Å². The summed E-state index contributed by atoms with van der Waals surface area (Å²) >= 11 is 0. The lowest BCUT2D eigenvalue weighted by molar-refractivity contribution is 0.481. The summed E-state index contributed by atoms with van der Waals surface area (Å²) in [6, 6.07) is 7.83. The molecule has 0 amide bonds. The summed E-state index contributed by atoms with van der Waals surface area (Å²) in [7, 11) is 0. The number of fused-ring (bicyclic) bond motifs is 1. The molecule has 0 spiro atoms. The normalized spacial score (nSPS) is 19.6. The Morgan fingerprint density at radius 1 is 1.35 bits per heavy atom. The number of benzene rings is 1. The summed E-state index contributed by atoms with van der Waals surface area (Å²) in [4.78, 5) is 4.33. The number of pyridine rings is 1. The maximum absolute atomic E-state index is 9.93. The number of rotatable bonds is 2. The fraction of sp³-hybridized carbons (Fsp3) is 0.308. The highest BCUT2D eigenvalue weighted by Crippen LogP contribution is 2.30. The van der Waals surface area contributed by atoms with Crippen LogP contribution in [-0.2, 0) is 0 Å². The van der Waals surface area contributed by atoms with Gasteiger partial charge in [0.25, 0.3) is 0 Å².